The van der Waals surface area contributed by atoms with Crippen LogP contribution in [0, 0.1) is 0 Å². The third-order valence-corrected chi connectivity index (χ3v) is 3.36. The predicted molar refractivity (Wildman–Crippen MR) is 71.5 cm³/mol. The van der Waals surface area contributed by atoms with Crippen molar-refractivity contribution >= 4 is 18.9 Å². The molecule has 2 rings (SSSR count). The number of hydrogen-bond donors (Lipinski definition) is 2. The summed E-state index contributed by atoms with van der Waals surface area (Å²) in [6.07, 6.45) is -1.94. The second kappa shape index (κ2) is 6.22. The van der Waals surface area contributed by atoms with Crippen molar-refractivity contribution in [2.24, 2.45) is 0 Å². The molecule has 1 aromatic heterocycles. The zero-order valence-electron chi connectivity index (χ0n) is 9.76. The van der Waals surface area contributed by atoms with E-state index < -0.39 is 35.8 Å². The summed E-state index contributed by atoms with van der Waals surface area (Å²) < 4.78 is 16.6. The SMILES string of the molecule is O=c1ccn([C@@H]2O[C@H](COP)[C@@H](OP)[C@H]2O)c(=O)[nH]1. The number of aliphatic hydroxyl groups excluding tert-OH is 1. The number of aromatic amines is 1. The molecule has 0 amide bonds. The van der Waals surface area contributed by atoms with Gasteiger partial charge in [-0.2, -0.15) is 0 Å². The lowest BCUT2D eigenvalue weighted by atomic mass is 10.1. The van der Waals surface area contributed by atoms with Crippen LogP contribution in [0.5, 0.6) is 0 Å². The van der Waals surface area contributed by atoms with E-state index in [9.17, 15) is 14.7 Å². The van der Waals surface area contributed by atoms with Gasteiger partial charge in [0.15, 0.2) is 6.23 Å². The minimum atomic E-state index is -1.06. The quantitative estimate of drug-likeness (QED) is 0.676. The summed E-state index contributed by atoms with van der Waals surface area (Å²) in [7, 11) is 4.12. The molecule has 2 unspecified atom stereocenters. The van der Waals surface area contributed by atoms with Gasteiger partial charge in [0.05, 0.1) is 6.61 Å². The Labute approximate surface area is 112 Å². The number of H-pyrrole nitrogens is 1. The van der Waals surface area contributed by atoms with E-state index in [1.165, 1.54) is 12.3 Å². The van der Waals surface area contributed by atoms with E-state index in [-0.39, 0.29) is 6.61 Å². The van der Waals surface area contributed by atoms with Gasteiger partial charge in [-0.1, -0.05) is 0 Å². The smallest absolute Gasteiger partial charge is 0.330 e. The van der Waals surface area contributed by atoms with Crippen molar-refractivity contribution in [1.82, 2.24) is 9.55 Å². The second-order valence-corrected chi connectivity index (χ2v) is 4.61. The Balaban J connectivity index is 2.30. The van der Waals surface area contributed by atoms with E-state index in [0.29, 0.717) is 0 Å². The molecular weight excluding hydrogens is 294 g/mol. The Morgan fingerprint density at radius 1 is 1.47 bits per heavy atom. The van der Waals surface area contributed by atoms with Gasteiger partial charge in [-0.25, -0.2) is 4.79 Å². The summed E-state index contributed by atoms with van der Waals surface area (Å²) in [6, 6.07) is 1.17. The van der Waals surface area contributed by atoms with Gasteiger partial charge in [0.2, 0.25) is 0 Å². The normalized spacial score (nSPS) is 30.7. The highest BCUT2D eigenvalue weighted by Crippen LogP contribution is 2.31. The van der Waals surface area contributed by atoms with Crippen LogP contribution in [0.25, 0.3) is 0 Å². The van der Waals surface area contributed by atoms with Gasteiger partial charge in [-0.3, -0.25) is 14.3 Å². The standard InChI is InChI=1S/C9H14N2O6P2/c12-5-1-2-11(9(14)10-5)8-6(13)7(17-19)4(16-8)3-15-18/h1-2,4,6-8,13H,3,18-19H2,(H,10,12,14)/t4-,6-,7-,8-/m1/s1. The maximum atomic E-state index is 11.7. The fraction of sp³-hybridized carbons (Fsp3) is 0.556. The van der Waals surface area contributed by atoms with E-state index in [4.69, 9.17) is 13.8 Å². The Morgan fingerprint density at radius 3 is 2.79 bits per heavy atom. The van der Waals surface area contributed by atoms with Gasteiger partial charge in [0.1, 0.15) is 18.3 Å². The summed E-state index contributed by atoms with van der Waals surface area (Å²) in [6.45, 7) is 0.176. The second-order valence-electron chi connectivity index (χ2n) is 4.01. The van der Waals surface area contributed by atoms with Crippen LogP contribution in [-0.2, 0) is 13.8 Å². The highest BCUT2D eigenvalue weighted by molar-refractivity contribution is 7.10. The monoisotopic (exact) mass is 308 g/mol. The van der Waals surface area contributed by atoms with Crippen molar-refractivity contribution in [3.63, 3.8) is 0 Å². The molecule has 0 aromatic carbocycles. The van der Waals surface area contributed by atoms with Crippen molar-refractivity contribution in [3.8, 4) is 0 Å². The molecule has 1 fully saturated rings. The molecule has 2 heterocycles. The summed E-state index contributed by atoms with van der Waals surface area (Å²) in [5.74, 6) is 0. The minimum absolute atomic E-state index is 0.176. The largest absolute Gasteiger partial charge is 0.386 e. The molecule has 0 bridgehead atoms. The molecule has 0 spiro atoms. The lowest BCUT2D eigenvalue weighted by molar-refractivity contribution is -0.0494. The number of aliphatic hydroxyl groups is 1. The minimum Gasteiger partial charge on any atom is -0.386 e. The third kappa shape index (κ3) is 2.94. The average molecular weight is 308 g/mol. The number of aromatic nitrogens is 2. The van der Waals surface area contributed by atoms with Crippen LogP contribution in [-0.4, -0.2) is 39.6 Å². The van der Waals surface area contributed by atoms with Gasteiger partial charge in [-0.05, 0) is 0 Å². The molecule has 10 heteroatoms. The number of ether oxygens (including phenoxy) is 1. The van der Waals surface area contributed by atoms with E-state index in [1.54, 1.807) is 0 Å². The molecule has 1 aliphatic rings. The molecule has 1 aliphatic heterocycles. The molecule has 0 saturated carbocycles. The first kappa shape index (κ1) is 14.8. The molecule has 19 heavy (non-hydrogen) atoms. The third-order valence-electron chi connectivity index (χ3n) is 2.85. The first-order chi connectivity index (χ1) is 9.08. The Kier molecular flexibility index (Phi) is 4.84. The molecule has 8 nitrogen and oxygen atoms in total. The van der Waals surface area contributed by atoms with Crippen LogP contribution in [0.4, 0.5) is 0 Å². The van der Waals surface area contributed by atoms with Gasteiger partial charge < -0.3 is 18.9 Å². The lowest BCUT2D eigenvalue weighted by Gasteiger charge is -2.17. The van der Waals surface area contributed by atoms with Crippen molar-refractivity contribution < 1.29 is 18.9 Å². The number of hydrogen-bond acceptors (Lipinski definition) is 6. The molecule has 2 N–H and O–H groups in total. The fourth-order valence-electron chi connectivity index (χ4n) is 1.97. The topological polar surface area (TPSA) is 103 Å². The Hall–Kier alpha value is -0.620. The van der Waals surface area contributed by atoms with Crippen molar-refractivity contribution in [1.29, 1.82) is 0 Å². The molecule has 0 aliphatic carbocycles. The van der Waals surface area contributed by atoms with Crippen LogP contribution in [0.3, 0.4) is 0 Å². The summed E-state index contributed by atoms with van der Waals surface area (Å²) in [4.78, 5) is 24.8. The predicted octanol–water partition coefficient (Wildman–Crippen LogP) is -1.22. The van der Waals surface area contributed by atoms with E-state index in [2.05, 4.69) is 14.5 Å². The Bertz CT molecular complexity index is 546. The van der Waals surface area contributed by atoms with Crippen molar-refractivity contribution in [2.45, 2.75) is 24.5 Å². The van der Waals surface area contributed by atoms with Crippen LogP contribution in [0.1, 0.15) is 6.23 Å². The van der Waals surface area contributed by atoms with Crippen LogP contribution >= 0.6 is 18.9 Å². The zero-order valence-corrected chi connectivity index (χ0v) is 12.1. The number of rotatable bonds is 4. The lowest BCUT2D eigenvalue weighted by Crippen LogP contribution is -2.37. The molecule has 1 saturated heterocycles. The van der Waals surface area contributed by atoms with Crippen molar-refractivity contribution in [2.75, 3.05) is 6.61 Å². The summed E-state index contributed by atoms with van der Waals surface area (Å²) in [5.41, 5.74) is -1.18. The first-order valence-corrected chi connectivity index (χ1v) is 6.35. The summed E-state index contributed by atoms with van der Waals surface area (Å²) >= 11 is 0. The van der Waals surface area contributed by atoms with E-state index in [1.807, 2.05) is 9.47 Å². The van der Waals surface area contributed by atoms with E-state index in [0.717, 1.165) is 4.57 Å². The molecule has 106 valence electrons. The van der Waals surface area contributed by atoms with Gasteiger partial charge in [0.25, 0.3) is 5.56 Å². The first-order valence-electron chi connectivity index (χ1n) is 5.40. The van der Waals surface area contributed by atoms with Crippen LogP contribution < -0.4 is 11.2 Å². The highest BCUT2D eigenvalue weighted by Gasteiger charge is 2.45. The van der Waals surface area contributed by atoms with Crippen LogP contribution in [0.2, 0.25) is 0 Å². The molecule has 6 atom stereocenters. The maximum Gasteiger partial charge on any atom is 0.330 e. The van der Waals surface area contributed by atoms with Gasteiger partial charge in [-0.15, -0.1) is 0 Å². The maximum absolute atomic E-state index is 11.7. The highest BCUT2D eigenvalue weighted by atomic mass is 31.0. The van der Waals surface area contributed by atoms with E-state index >= 15 is 0 Å². The van der Waals surface area contributed by atoms with Gasteiger partial charge >= 0.3 is 5.69 Å². The fourth-order valence-corrected chi connectivity index (χ4v) is 2.50. The number of nitrogens with one attached hydrogen (secondary N) is 1. The van der Waals surface area contributed by atoms with Gasteiger partial charge in [0, 0.05) is 31.2 Å². The molecule has 0 radical (unpaired) electrons. The summed E-state index contributed by atoms with van der Waals surface area (Å²) in [5, 5.41) is 10.1. The molecular formula is C9H14N2O6P2. The number of nitrogens with zero attached hydrogens (tertiary/aromatic N) is 1. The zero-order chi connectivity index (χ0) is 14.0. The van der Waals surface area contributed by atoms with Crippen molar-refractivity contribution in [3.05, 3.63) is 33.1 Å². The van der Waals surface area contributed by atoms with Crippen LogP contribution in [0.15, 0.2) is 21.9 Å². The molecule has 1 aromatic rings. The average Bonchev–Trinajstić information content (AvgIpc) is 2.66. The Morgan fingerprint density at radius 2 is 2.21 bits per heavy atom.